The molecule has 7 heteroatoms. The summed E-state index contributed by atoms with van der Waals surface area (Å²) in [6.45, 7) is 3.98. The zero-order valence-electron chi connectivity index (χ0n) is 17.1. The highest BCUT2D eigenvalue weighted by Gasteiger charge is 2.28. The Balaban J connectivity index is 2.07. The highest BCUT2D eigenvalue weighted by atomic mass is 16.7. The molecule has 1 atom stereocenters. The monoisotopic (exact) mass is 411 g/mol. The van der Waals surface area contributed by atoms with E-state index in [2.05, 4.69) is 6.08 Å². The van der Waals surface area contributed by atoms with Crippen molar-refractivity contribution >= 4 is 17.9 Å². The molecule has 0 radical (unpaired) electrons. The van der Waals surface area contributed by atoms with E-state index in [1.54, 1.807) is 19.9 Å². The first-order valence-corrected chi connectivity index (χ1v) is 9.88. The van der Waals surface area contributed by atoms with Crippen molar-refractivity contribution in [2.75, 3.05) is 19.8 Å². The Morgan fingerprint density at radius 3 is 2.27 bits per heavy atom. The standard InChI is InChI=1S/C23H25NO6/c1-3-27-22(25)29-20-11-10-18-17(14-24)12-16(15-8-6-5-7-9-15)13-19(18)21(20)30-23(26)28-4-2/h5-12,16H,3-4,13-14,24H2,1-2H3. The zero-order chi connectivity index (χ0) is 21.5. The van der Waals surface area contributed by atoms with Gasteiger partial charge in [0, 0.05) is 18.0 Å². The molecule has 0 fully saturated rings. The maximum absolute atomic E-state index is 12.1. The number of ether oxygens (including phenoxy) is 4. The van der Waals surface area contributed by atoms with Crippen LogP contribution >= 0.6 is 0 Å². The number of benzene rings is 2. The molecule has 2 aromatic carbocycles. The number of hydrogen-bond acceptors (Lipinski definition) is 7. The second-order valence-electron chi connectivity index (χ2n) is 6.61. The minimum absolute atomic E-state index is 0.0274. The first kappa shape index (κ1) is 21.4. The SMILES string of the molecule is CCOC(=O)Oc1ccc2c(c1OC(=O)OCC)CC(c1ccccc1)C=C2CN. The molecular formula is C23H25NO6. The van der Waals surface area contributed by atoms with Crippen molar-refractivity contribution in [1.82, 2.24) is 0 Å². The molecule has 2 aromatic rings. The van der Waals surface area contributed by atoms with E-state index in [0.717, 1.165) is 22.3 Å². The smallest absolute Gasteiger partial charge is 0.434 e. The minimum atomic E-state index is -0.879. The van der Waals surface area contributed by atoms with Gasteiger partial charge in [-0.2, -0.15) is 0 Å². The predicted molar refractivity (Wildman–Crippen MR) is 112 cm³/mol. The number of carbonyl (C=O) groups excluding carboxylic acids is 2. The molecule has 30 heavy (non-hydrogen) atoms. The van der Waals surface area contributed by atoms with Crippen LogP contribution in [0.1, 0.15) is 36.5 Å². The lowest BCUT2D eigenvalue weighted by atomic mass is 9.80. The molecule has 0 aliphatic heterocycles. The maximum Gasteiger partial charge on any atom is 0.513 e. The summed E-state index contributed by atoms with van der Waals surface area (Å²) in [6.07, 6.45) is 0.908. The van der Waals surface area contributed by atoms with Crippen LogP contribution in [0.3, 0.4) is 0 Å². The van der Waals surface area contributed by atoms with Crippen molar-refractivity contribution in [3.8, 4) is 11.5 Å². The van der Waals surface area contributed by atoms with Crippen molar-refractivity contribution in [3.05, 3.63) is 65.2 Å². The molecular weight excluding hydrogens is 386 g/mol. The van der Waals surface area contributed by atoms with Crippen LogP contribution in [0, 0.1) is 0 Å². The fourth-order valence-corrected chi connectivity index (χ4v) is 3.47. The topological polar surface area (TPSA) is 97.1 Å². The summed E-state index contributed by atoms with van der Waals surface area (Å²) < 4.78 is 20.6. The molecule has 7 nitrogen and oxygen atoms in total. The van der Waals surface area contributed by atoms with E-state index in [1.807, 2.05) is 36.4 Å². The second-order valence-corrected chi connectivity index (χ2v) is 6.61. The highest BCUT2D eigenvalue weighted by Crippen LogP contribution is 2.43. The highest BCUT2D eigenvalue weighted by molar-refractivity contribution is 5.79. The second kappa shape index (κ2) is 9.93. The molecule has 1 aliphatic carbocycles. The molecule has 0 amide bonds. The quantitative estimate of drug-likeness (QED) is 0.554. The molecule has 0 aromatic heterocycles. The van der Waals surface area contributed by atoms with Gasteiger partial charge in [-0.05, 0) is 43.0 Å². The van der Waals surface area contributed by atoms with Crippen LogP contribution in [-0.4, -0.2) is 32.1 Å². The Labute approximate surface area is 175 Å². The number of allylic oxidation sites excluding steroid dienone is 1. The third-order valence-corrected chi connectivity index (χ3v) is 4.75. The summed E-state index contributed by atoms with van der Waals surface area (Å²) in [5.41, 5.74) is 9.60. The largest absolute Gasteiger partial charge is 0.513 e. The van der Waals surface area contributed by atoms with Crippen molar-refractivity contribution in [2.45, 2.75) is 26.2 Å². The van der Waals surface area contributed by atoms with E-state index < -0.39 is 12.3 Å². The van der Waals surface area contributed by atoms with Crippen LogP contribution in [-0.2, 0) is 15.9 Å². The van der Waals surface area contributed by atoms with E-state index >= 15 is 0 Å². The van der Waals surface area contributed by atoms with Crippen molar-refractivity contribution in [3.63, 3.8) is 0 Å². The van der Waals surface area contributed by atoms with Crippen LogP contribution in [0.15, 0.2) is 48.5 Å². The number of carbonyl (C=O) groups is 2. The molecule has 0 spiro atoms. The Morgan fingerprint density at radius 2 is 1.63 bits per heavy atom. The minimum Gasteiger partial charge on any atom is -0.434 e. The summed E-state index contributed by atoms with van der Waals surface area (Å²) in [5.74, 6) is 0.254. The third kappa shape index (κ3) is 4.80. The zero-order valence-corrected chi connectivity index (χ0v) is 17.1. The van der Waals surface area contributed by atoms with Gasteiger partial charge in [0.25, 0.3) is 0 Å². The Hall–Kier alpha value is -3.32. The molecule has 1 unspecified atom stereocenters. The average molecular weight is 411 g/mol. The van der Waals surface area contributed by atoms with Crippen LogP contribution in [0.4, 0.5) is 9.59 Å². The van der Waals surface area contributed by atoms with Gasteiger partial charge in [0.2, 0.25) is 0 Å². The van der Waals surface area contributed by atoms with Crippen molar-refractivity contribution in [1.29, 1.82) is 0 Å². The van der Waals surface area contributed by atoms with E-state index in [1.165, 1.54) is 0 Å². The molecule has 0 heterocycles. The van der Waals surface area contributed by atoms with Gasteiger partial charge in [-0.25, -0.2) is 9.59 Å². The first-order valence-electron chi connectivity index (χ1n) is 9.88. The first-order chi connectivity index (χ1) is 14.6. The van der Waals surface area contributed by atoms with Crippen LogP contribution in [0.2, 0.25) is 0 Å². The van der Waals surface area contributed by atoms with E-state index in [-0.39, 0.29) is 30.6 Å². The van der Waals surface area contributed by atoms with Crippen LogP contribution in [0.5, 0.6) is 11.5 Å². The van der Waals surface area contributed by atoms with Gasteiger partial charge in [-0.15, -0.1) is 0 Å². The van der Waals surface area contributed by atoms with Crippen molar-refractivity contribution < 1.29 is 28.5 Å². The van der Waals surface area contributed by atoms with Crippen LogP contribution in [0.25, 0.3) is 5.57 Å². The fourth-order valence-electron chi connectivity index (χ4n) is 3.47. The third-order valence-electron chi connectivity index (χ3n) is 4.75. The average Bonchev–Trinajstić information content (AvgIpc) is 2.75. The molecule has 3 rings (SSSR count). The summed E-state index contributed by atoms with van der Waals surface area (Å²) in [6, 6.07) is 13.3. The van der Waals surface area contributed by atoms with E-state index in [9.17, 15) is 9.59 Å². The lowest BCUT2D eigenvalue weighted by Crippen LogP contribution is -2.19. The van der Waals surface area contributed by atoms with Gasteiger partial charge >= 0.3 is 12.3 Å². The number of nitrogens with two attached hydrogens (primary N) is 1. The molecule has 2 N–H and O–H groups in total. The summed E-state index contributed by atoms with van der Waals surface area (Å²) in [7, 11) is 0. The lowest BCUT2D eigenvalue weighted by Gasteiger charge is -2.26. The molecule has 1 aliphatic rings. The Bertz CT molecular complexity index is 938. The normalized spacial score (nSPS) is 14.9. The number of rotatable bonds is 6. The summed E-state index contributed by atoms with van der Waals surface area (Å²) in [5, 5.41) is 0. The van der Waals surface area contributed by atoms with Gasteiger partial charge in [0.05, 0.1) is 13.2 Å². The van der Waals surface area contributed by atoms with E-state index in [0.29, 0.717) is 13.0 Å². The van der Waals surface area contributed by atoms with Gasteiger partial charge in [0.15, 0.2) is 11.5 Å². The molecule has 158 valence electrons. The van der Waals surface area contributed by atoms with Gasteiger partial charge in [0.1, 0.15) is 0 Å². The number of hydrogen-bond donors (Lipinski definition) is 1. The molecule has 0 saturated carbocycles. The molecule has 0 bridgehead atoms. The van der Waals surface area contributed by atoms with Gasteiger partial charge < -0.3 is 24.7 Å². The van der Waals surface area contributed by atoms with Crippen LogP contribution < -0.4 is 15.2 Å². The maximum atomic E-state index is 12.1. The summed E-state index contributed by atoms with van der Waals surface area (Å²) in [4.78, 5) is 24.0. The van der Waals surface area contributed by atoms with Gasteiger partial charge in [-0.3, -0.25) is 0 Å². The lowest BCUT2D eigenvalue weighted by molar-refractivity contribution is 0.0936. The number of fused-ring (bicyclic) bond motifs is 1. The summed E-state index contributed by atoms with van der Waals surface area (Å²) >= 11 is 0. The van der Waals surface area contributed by atoms with E-state index in [4.69, 9.17) is 24.7 Å². The predicted octanol–water partition coefficient (Wildman–Crippen LogP) is 4.44. The Kier molecular flexibility index (Phi) is 7.08. The van der Waals surface area contributed by atoms with Crippen molar-refractivity contribution in [2.24, 2.45) is 5.73 Å². The molecule has 0 saturated heterocycles. The van der Waals surface area contributed by atoms with Gasteiger partial charge in [-0.1, -0.05) is 42.5 Å². The Morgan fingerprint density at radius 1 is 0.967 bits per heavy atom. The fraction of sp³-hybridized carbons (Fsp3) is 0.304.